The van der Waals surface area contributed by atoms with Gasteiger partial charge in [-0.3, -0.25) is 0 Å². The molecule has 2 rings (SSSR count). The summed E-state index contributed by atoms with van der Waals surface area (Å²) in [6.45, 7) is 1.56. The maximum Gasteiger partial charge on any atom is 0.459 e. The zero-order valence-corrected chi connectivity index (χ0v) is 11.1. The Kier molecular flexibility index (Phi) is 3.94. The minimum atomic E-state index is -5.89. The van der Waals surface area contributed by atoms with Crippen molar-refractivity contribution in [1.29, 1.82) is 0 Å². The zero-order valence-electron chi connectivity index (χ0n) is 11.1. The molecular weight excluding hydrogens is 315 g/mol. The minimum Gasteiger partial charge on any atom is -0.243 e. The van der Waals surface area contributed by atoms with Crippen LogP contribution in [0.1, 0.15) is 24.7 Å². The van der Waals surface area contributed by atoms with Crippen LogP contribution in [0.4, 0.5) is 26.7 Å². The summed E-state index contributed by atoms with van der Waals surface area (Å²) in [4.78, 5) is 11.9. The average Bonchev–Trinajstić information content (AvgIpc) is 3.06. The lowest BCUT2D eigenvalue weighted by molar-refractivity contribution is -0.291. The van der Waals surface area contributed by atoms with Crippen LogP contribution in [-0.4, -0.2) is 42.2 Å². The van der Waals surface area contributed by atoms with E-state index in [1.54, 1.807) is 6.92 Å². The van der Waals surface area contributed by atoms with Crippen LogP contribution in [0.25, 0.3) is 0 Å². The van der Waals surface area contributed by atoms with E-state index in [0.29, 0.717) is 4.68 Å². The summed E-state index contributed by atoms with van der Waals surface area (Å²) in [5.41, 5.74) is -2.21. The van der Waals surface area contributed by atoms with Crippen molar-refractivity contribution in [3.8, 4) is 0 Å². The minimum absolute atomic E-state index is 0.104. The lowest BCUT2D eigenvalue weighted by atomic mass is 10.1. The van der Waals surface area contributed by atoms with Gasteiger partial charge >= 0.3 is 18.1 Å². The van der Waals surface area contributed by atoms with Gasteiger partial charge in [0.05, 0.1) is 18.1 Å². The number of aryl methyl sites for hydroxylation is 1. The third-order valence-corrected chi connectivity index (χ3v) is 2.68. The molecule has 0 bridgehead atoms. The Labute approximate surface area is 119 Å². The number of carbonyl (C=O) groups is 1. The lowest BCUT2D eigenvalue weighted by Crippen LogP contribution is -2.39. The van der Waals surface area contributed by atoms with Gasteiger partial charge in [0.15, 0.2) is 5.69 Å². The molecule has 0 aliphatic carbocycles. The molecule has 2 heterocycles. The number of nitrogens with zero attached hydrogens (tertiary/aromatic N) is 6. The topological polar surface area (TPSA) is 78.5 Å². The highest BCUT2D eigenvalue weighted by Crippen LogP contribution is 2.44. The van der Waals surface area contributed by atoms with E-state index in [1.165, 1.54) is 0 Å². The number of hydrogen-bond acceptors (Lipinski definition) is 5. The molecule has 0 aromatic carbocycles. The Morgan fingerprint density at radius 1 is 1.23 bits per heavy atom. The van der Waals surface area contributed by atoms with E-state index in [0.717, 1.165) is 12.4 Å². The van der Waals surface area contributed by atoms with Crippen molar-refractivity contribution in [1.82, 2.24) is 30.0 Å². The molecule has 0 aliphatic rings. The largest absolute Gasteiger partial charge is 0.459 e. The summed E-state index contributed by atoms with van der Waals surface area (Å²) in [5, 5.41) is 12.9. The van der Waals surface area contributed by atoms with Crippen LogP contribution in [0.3, 0.4) is 0 Å². The Morgan fingerprint density at radius 2 is 1.91 bits per heavy atom. The molecular formula is C10H9F5N6O. The smallest absolute Gasteiger partial charge is 0.243 e. The highest BCUT2D eigenvalue weighted by Gasteiger charge is 2.62. The SMILES string of the molecule is CCCc1nnn(C(=O)n2ccnn2)c1C(F)(F)C(F)(F)F. The van der Waals surface area contributed by atoms with Crippen LogP contribution in [0, 0.1) is 0 Å². The standard InChI is InChI=1S/C10H9F5N6O/c1-2-3-6-7(9(11,12)10(13,14)15)21(19-17-6)8(22)20-5-4-16-18-20/h4-5H,2-3H2,1H3. The summed E-state index contributed by atoms with van der Waals surface area (Å²) < 4.78 is 65.7. The Morgan fingerprint density at radius 3 is 2.41 bits per heavy atom. The predicted molar refractivity (Wildman–Crippen MR) is 60.2 cm³/mol. The average molecular weight is 324 g/mol. The molecule has 0 N–H and O–H groups in total. The summed E-state index contributed by atoms with van der Waals surface area (Å²) in [7, 11) is 0. The molecule has 2 aromatic rings. The quantitative estimate of drug-likeness (QED) is 0.807. The monoisotopic (exact) mass is 324 g/mol. The van der Waals surface area contributed by atoms with Gasteiger partial charge in [0.25, 0.3) is 0 Å². The van der Waals surface area contributed by atoms with Crippen molar-refractivity contribution >= 4 is 6.03 Å². The van der Waals surface area contributed by atoms with Gasteiger partial charge in [-0.2, -0.15) is 31.3 Å². The molecule has 0 unspecified atom stereocenters. The van der Waals surface area contributed by atoms with Crippen LogP contribution in [-0.2, 0) is 12.3 Å². The number of aromatic nitrogens is 6. The molecule has 0 fully saturated rings. The second-order valence-corrected chi connectivity index (χ2v) is 4.25. The molecule has 22 heavy (non-hydrogen) atoms. The maximum absolute atomic E-state index is 13.7. The van der Waals surface area contributed by atoms with Gasteiger partial charge in [-0.1, -0.05) is 23.8 Å². The van der Waals surface area contributed by atoms with Gasteiger partial charge in [0.2, 0.25) is 0 Å². The summed E-state index contributed by atoms with van der Waals surface area (Å²) in [6, 6.07) is -1.34. The molecule has 2 aromatic heterocycles. The second kappa shape index (κ2) is 5.42. The Hall–Kier alpha value is -2.40. The van der Waals surface area contributed by atoms with Crippen LogP contribution >= 0.6 is 0 Å². The summed E-state index contributed by atoms with van der Waals surface area (Å²) >= 11 is 0. The second-order valence-electron chi connectivity index (χ2n) is 4.25. The maximum atomic E-state index is 13.7. The van der Waals surface area contributed by atoms with Crippen molar-refractivity contribution < 1.29 is 26.7 Å². The molecule has 120 valence electrons. The molecule has 0 radical (unpaired) electrons. The first kappa shape index (κ1) is 16.0. The number of rotatable bonds is 3. The molecule has 0 atom stereocenters. The molecule has 7 nitrogen and oxygen atoms in total. The molecule has 0 amide bonds. The van der Waals surface area contributed by atoms with E-state index in [1.807, 2.05) is 0 Å². The van der Waals surface area contributed by atoms with Crippen molar-refractivity contribution in [3.63, 3.8) is 0 Å². The van der Waals surface area contributed by atoms with Crippen LogP contribution in [0.5, 0.6) is 0 Å². The fraction of sp³-hybridized carbons (Fsp3) is 0.500. The first-order valence-corrected chi connectivity index (χ1v) is 6.00. The number of halogens is 5. The van der Waals surface area contributed by atoms with Gasteiger partial charge in [0.1, 0.15) is 0 Å². The fourth-order valence-electron chi connectivity index (χ4n) is 1.71. The van der Waals surface area contributed by atoms with Gasteiger partial charge in [-0.05, 0) is 6.42 Å². The molecule has 0 aliphatic heterocycles. The van der Waals surface area contributed by atoms with Gasteiger partial charge in [-0.15, -0.1) is 10.2 Å². The zero-order chi connectivity index (χ0) is 16.5. The highest BCUT2D eigenvalue weighted by molar-refractivity contribution is 5.78. The fourth-order valence-corrected chi connectivity index (χ4v) is 1.71. The van der Waals surface area contributed by atoms with Crippen molar-refractivity contribution in [2.24, 2.45) is 0 Å². The first-order valence-electron chi connectivity index (χ1n) is 6.00. The van der Waals surface area contributed by atoms with Gasteiger partial charge < -0.3 is 0 Å². The summed E-state index contributed by atoms with van der Waals surface area (Å²) in [5.74, 6) is -5.28. The number of alkyl halides is 5. The van der Waals surface area contributed by atoms with Crippen LogP contribution in [0.2, 0.25) is 0 Å². The third kappa shape index (κ3) is 2.55. The van der Waals surface area contributed by atoms with E-state index >= 15 is 0 Å². The Bertz CT molecular complexity index is 662. The van der Waals surface area contributed by atoms with E-state index in [4.69, 9.17) is 0 Å². The van der Waals surface area contributed by atoms with Crippen LogP contribution < -0.4 is 0 Å². The first-order chi connectivity index (χ1) is 10.2. The lowest BCUT2D eigenvalue weighted by Gasteiger charge is -2.20. The van der Waals surface area contributed by atoms with Crippen molar-refractivity contribution in [3.05, 3.63) is 23.8 Å². The highest BCUT2D eigenvalue weighted by atomic mass is 19.4. The normalized spacial score (nSPS) is 12.6. The molecule has 12 heteroatoms. The third-order valence-electron chi connectivity index (χ3n) is 2.68. The van der Waals surface area contributed by atoms with Crippen molar-refractivity contribution in [2.75, 3.05) is 0 Å². The van der Waals surface area contributed by atoms with Crippen molar-refractivity contribution in [2.45, 2.75) is 31.9 Å². The molecule has 0 saturated heterocycles. The molecule has 0 spiro atoms. The predicted octanol–water partition coefficient (Wildman–Crippen LogP) is 1.99. The van der Waals surface area contributed by atoms with Gasteiger partial charge in [0, 0.05) is 0 Å². The van der Waals surface area contributed by atoms with Gasteiger partial charge in [-0.25, -0.2) is 4.79 Å². The van der Waals surface area contributed by atoms with E-state index in [9.17, 15) is 26.7 Å². The van der Waals surface area contributed by atoms with E-state index in [2.05, 4.69) is 20.6 Å². The number of carbonyl (C=O) groups excluding carboxylic acids is 1. The Balaban J connectivity index is 2.59. The van der Waals surface area contributed by atoms with E-state index in [-0.39, 0.29) is 17.5 Å². The van der Waals surface area contributed by atoms with E-state index < -0.39 is 29.5 Å². The summed E-state index contributed by atoms with van der Waals surface area (Å²) in [6.07, 6.45) is -3.79. The molecule has 0 saturated carbocycles. The van der Waals surface area contributed by atoms with Crippen LogP contribution in [0.15, 0.2) is 12.4 Å². The number of hydrogen-bond donors (Lipinski definition) is 0.